The first-order valence-electron chi connectivity index (χ1n) is 10.0. The van der Waals surface area contributed by atoms with Crippen LogP contribution in [0.2, 0.25) is 0 Å². The number of nitrogens with zero attached hydrogens (tertiary/aromatic N) is 7. The van der Waals surface area contributed by atoms with Crippen molar-refractivity contribution >= 4 is 28.4 Å². The zero-order valence-corrected chi connectivity index (χ0v) is 17.0. The Hall–Kier alpha value is -3.92. The van der Waals surface area contributed by atoms with Crippen molar-refractivity contribution in [2.24, 2.45) is 7.05 Å². The Labute approximate surface area is 178 Å². The second kappa shape index (κ2) is 8.07. The second-order valence-corrected chi connectivity index (χ2v) is 7.36. The lowest BCUT2D eigenvalue weighted by molar-refractivity contribution is 0.102. The number of fused-ring (bicyclic) bond motifs is 1. The van der Waals surface area contributed by atoms with Crippen LogP contribution in [0, 0.1) is 0 Å². The number of hydrogen-bond donors (Lipinski definition) is 2. The minimum Gasteiger partial charge on any atom is -0.354 e. The Bertz CT molecular complexity index is 1250. The van der Waals surface area contributed by atoms with Gasteiger partial charge in [-0.15, -0.1) is 5.10 Å². The van der Waals surface area contributed by atoms with E-state index in [9.17, 15) is 4.79 Å². The Kier molecular flexibility index (Phi) is 4.97. The van der Waals surface area contributed by atoms with Gasteiger partial charge in [-0.05, 0) is 24.3 Å². The van der Waals surface area contributed by atoms with Gasteiger partial charge < -0.3 is 15.5 Å². The van der Waals surface area contributed by atoms with Crippen molar-refractivity contribution in [3.05, 3.63) is 54.6 Å². The third kappa shape index (κ3) is 4.05. The van der Waals surface area contributed by atoms with Crippen LogP contribution in [0.15, 0.2) is 49.1 Å². The summed E-state index contributed by atoms with van der Waals surface area (Å²) < 4.78 is 1.64. The van der Waals surface area contributed by atoms with Gasteiger partial charge in [0.15, 0.2) is 0 Å². The SMILES string of the molecule is Cn1cc(-c2cnc3cnc(NC(=O)c4ccnc(N5CCNCC5)c4)cc3c2)nn1. The van der Waals surface area contributed by atoms with Crippen LogP contribution in [0.3, 0.4) is 0 Å². The number of piperazine rings is 1. The number of rotatable bonds is 4. The summed E-state index contributed by atoms with van der Waals surface area (Å²) in [6, 6.07) is 7.28. The molecule has 0 spiro atoms. The van der Waals surface area contributed by atoms with E-state index in [0.29, 0.717) is 11.4 Å². The molecule has 1 aliphatic rings. The molecular weight excluding hydrogens is 394 g/mol. The van der Waals surface area contributed by atoms with E-state index in [1.165, 1.54) is 0 Å². The van der Waals surface area contributed by atoms with E-state index in [1.807, 2.05) is 25.4 Å². The van der Waals surface area contributed by atoms with Crippen LogP contribution in [0.1, 0.15) is 10.4 Å². The van der Waals surface area contributed by atoms with E-state index in [2.05, 4.69) is 40.8 Å². The molecule has 5 rings (SSSR count). The molecule has 156 valence electrons. The summed E-state index contributed by atoms with van der Waals surface area (Å²) in [5.41, 5.74) is 2.85. The maximum Gasteiger partial charge on any atom is 0.257 e. The Morgan fingerprint density at radius 2 is 1.97 bits per heavy atom. The third-order valence-electron chi connectivity index (χ3n) is 5.16. The van der Waals surface area contributed by atoms with Gasteiger partial charge in [0.25, 0.3) is 5.91 Å². The summed E-state index contributed by atoms with van der Waals surface area (Å²) in [7, 11) is 1.81. The van der Waals surface area contributed by atoms with Gasteiger partial charge in [0, 0.05) is 62.1 Å². The van der Waals surface area contributed by atoms with Crippen LogP contribution in [-0.2, 0) is 7.05 Å². The molecule has 0 unspecified atom stereocenters. The quantitative estimate of drug-likeness (QED) is 0.515. The fourth-order valence-corrected chi connectivity index (χ4v) is 3.53. The van der Waals surface area contributed by atoms with E-state index < -0.39 is 0 Å². The summed E-state index contributed by atoms with van der Waals surface area (Å²) in [4.78, 5) is 28.2. The summed E-state index contributed by atoms with van der Waals surface area (Å²) in [6.45, 7) is 3.55. The first kappa shape index (κ1) is 19.1. The Morgan fingerprint density at radius 3 is 2.77 bits per heavy atom. The first-order chi connectivity index (χ1) is 15.2. The highest BCUT2D eigenvalue weighted by molar-refractivity contribution is 6.04. The average molecular weight is 415 g/mol. The molecule has 1 fully saturated rings. The molecule has 0 bridgehead atoms. The molecule has 10 nitrogen and oxygen atoms in total. The molecular formula is C21H21N9O. The third-order valence-corrected chi connectivity index (χ3v) is 5.16. The van der Waals surface area contributed by atoms with Gasteiger partial charge in [-0.25, -0.2) is 9.97 Å². The molecule has 1 aliphatic heterocycles. The number of hydrogen-bond acceptors (Lipinski definition) is 8. The van der Waals surface area contributed by atoms with Crippen LogP contribution in [0.5, 0.6) is 0 Å². The van der Waals surface area contributed by atoms with Gasteiger partial charge in [-0.1, -0.05) is 5.21 Å². The van der Waals surface area contributed by atoms with E-state index in [4.69, 9.17) is 0 Å². The molecule has 0 saturated carbocycles. The molecule has 4 aromatic heterocycles. The van der Waals surface area contributed by atoms with Crippen LogP contribution in [0.25, 0.3) is 22.2 Å². The smallest absolute Gasteiger partial charge is 0.257 e. The maximum absolute atomic E-state index is 12.8. The average Bonchev–Trinajstić information content (AvgIpc) is 3.25. The van der Waals surface area contributed by atoms with Crippen molar-refractivity contribution in [2.45, 2.75) is 0 Å². The van der Waals surface area contributed by atoms with Crippen molar-refractivity contribution in [3.8, 4) is 11.3 Å². The van der Waals surface area contributed by atoms with Crippen LogP contribution in [0.4, 0.5) is 11.6 Å². The van der Waals surface area contributed by atoms with E-state index in [0.717, 1.165) is 54.2 Å². The van der Waals surface area contributed by atoms with Gasteiger partial charge >= 0.3 is 0 Å². The van der Waals surface area contributed by atoms with Gasteiger partial charge in [-0.2, -0.15) is 0 Å². The summed E-state index contributed by atoms with van der Waals surface area (Å²) in [6.07, 6.45) is 6.87. The number of carbonyl (C=O) groups is 1. The van der Waals surface area contributed by atoms with Crippen molar-refractivity contribution in [1.29, 1.82) is 0 Å². The van der Waals surface area contributed by atoms with Crippen LogP contribution >= 0.6 is 0 Å². The van der Waals surface area contributed by atoms with E-state index in [1.54, 1.807) is 35.4 Å². The fraction of sp³-hybridized carbons (Fsp3) is 0.238. The first-order valence-corrected chi connectivity index (χ1v) is 10.0. The molecule has 1 saturated heterocycles. The fourth-order valence-electron chi connectivity index (χ4n) is 3.53. The Balaban J connectivity index is 1.37. The molecule has 1 amide bonds. The second-order valence-electron chi connectivity index (χ2n) is 7.36. The molecule has 31 heavy (non-hydrogen) atoms. The molecule has 10 heteroatoms. The predicted octanol–water partition coefficient (Wildman–Crippen LogP) is 1.48. The standard InChI is InChI=1S/C21H21N9O/c1-29-13-18(27-28-29)16-8-15-9-19(25-12-17(15)24-11-16)26-21(31)14-2-3-23-20(10-14)30-6-4-22-5-7-30/h2-3,8-13,22H,4-7H2,1H3,(H,25,26,31). The van der Waals surface area contributed by atoms with E-state index in [-0.39, 0.29) is 5.91 Å². The van der Waals surface area contributed by atoms with Gasteiger partial charge in [-0.3, -0.25) is 14.5 Å². The number of nitrogens with one attached hydrogen (secondary N) is 2. The molecule has 2 N–H and O–H groups in total. The molecule has 0 radical (unpaired) electrons. The maximum atomic E-state index is 12.8. The van der Waals surface area contributed by atoms with Crippen molar-refractivity contribution in [3.63, 3.8) is 0 Å². The van der Waals surface area contributed by atoms with Gasteiger partial charge in [0.2, 0.25) is 0 Å². The minimum atomic E-state index is -0.233. The number of aryl methyl sites for hydroxylation is 1. The predicted molar refractivity (Wildman–Crippen MR) is 117 cm³/mol. The number of anilines is 2. The summed E-state index contributed by atoms with van der Waals surface area (Å²) in [5.74, 6) is 1.03. The van der Waals surface area contributed by atoms with E-state index >= 15 is 0 Å². The van der Waals surface area contributed by atoms with Crippen molar-refractivity contribution in [1.82, 2.24) is 35.3 Å². The Morgan fingerprint density at radius 1 is 1.10 bits per heavy atom. The lowest BCUT2D eigenvalue weighted by Crippen LogP contribution is -2.43. The van der Waals surface area contributed by atoms with Gasteiger partial charge in [0.1, 0.15) is 17.3 Å². The lowest BCUT2D eigenvalue weighted by atomic mass is 10.1. The van der Waals surface area contributed by atoms with Crippen molar-refractivity contribution < 1.29 is 4.79 Å². The summed E-state index contributed by atoms with van der Waals surface area (Å²) in [5, 5.41) is 15.1. The molecule has 5 heterocycles. The molecule has 0 aliphatic carbocycles. The number of pyridine rings is 3. The monoisotopic (exact) mass is 415 g/mol. The van der Waals surface area contributed by atoms with Crippen LogP contribution in [-0.4, -0.2) is 62.0 Å². The highest BCUT2D eigenvalue weighted by atomic mass is 16.1. The zero-order valence-electron chi connectivity index (χ0n) is 17.0. The largest absolute Gasteiger partial charge is 0.354 e. The minimum absolute atomic E-state index is 0.233. The summed E-state index contributed by atoms with van der Waals surface area (Å²) >= 11 is 0. The molecule has 0 atom stereocenters. The zero-order chi connectivity index (χ0) is 21.2. The van der Waals surface area contributed by atoms with Crippen molar-refractivity contribution in [2.75, 3.05) is 36.4 Å². The highest BCUT2D eigenvalue weighted by Crippen LogP contribution is 2.22. The number of amides is 1. The topological polar surface area (TPSA) is 114 Å². The lowest BCUT2D eigenvalue weighted by Gasteiger charge is -2.28. The highest BCUT2D eigenvalue weighted by Gasteiger charge is 2.15. The molecule has 0 aromatic carbocycles. The van der Waals surface area contributed by atoms with Crippen LogP contribution < -0.4 is 15.5 Å². The normalized spacial score (nSPS) is 14.0. The molecule has 4 aromatic rings. The number of carbonyl (C=O) groups excluding carboxylic acids is 1. The number of aromatic nitrogens is 6. The van der Waals surface area contributed by atoms with Gasteiger partial charge in [0.05, 0.1) is 17.9 Å².